The fourth-order valence-corrected chi connectivity index (χ4v) is 3.75. The number of ether oxygens (including phenoxy) is 1. The molecule has 150 valence electrons. The van der Waals surface area contributed by atoms with Crippen molar-refractivity contribution in [3.05, 3.63) is 94.8 Å². The summed E-state index contributed by atoms with van der Waals surface area (Å²) in [6, 6.07) is 20.8. The van der Waals surface area contributed by atoms with Crippen molar-refractivity contribution in [2.24, 2.45) is 10.2 Å². The number of amides is 1. The summed E-state index contributed by atoms with van der Waals surface area (Å²) in [4.78, 5) is 15.2. The molecule has 1 amide bonds. The Bertz CT molecular complexity index is 1090. The van der Waals surface area contributed by atoms with Gasteiger partial charge in [0.1, 0.15) is 11.5 Å². The normalized spacial score (nSPS) is 16.8. The Morgan fingerprint density at radius 1 is 1.03 bits per heavy atom. The van der Waals surface area contributed by atoms with Gasteiger partial charge < -0.3 is 9.15 Å². The Balaban J connectivity index is 1.59. The van der Waals surface area contributed by atoms with Crippen LogP contribution in [0.3, 0.4) is 0 Å². The van der Waals surface area contributed by atoms with Crippen LogP contribution in [0, 0.1) is 0 Å². The molecule has 3 aromatic rings. The van der Waals surface area contributed by atoms with E-state index in [9.17, 15) is 4.79 Å². The number of nitrogens with zero attached hydrogens (tertiary/aromatic N) is 3. The lowest BCUT2D eigenvalue weighted by molar-refractivity contribution is -0.122. The summed E-state index contributed by atoms with van der Waals surface area (Å²) in [5.74, 6) is 1.33. The van der Waals surface area contributed by atoms with Crippen molar-refractivity contribution >= 4 is 35.1 Å². The molecule has 30 heavy (non-hydrogen) atoms. The van der Waals surface area contributed by atoms with E-state index in [1.807, 2.05) is 66.7 Å². The molecule has 0 spiro atoms. The van der Waals surface area contributed by atoms with E-state index < -0.39 is 0 Å². The molecule has 1 fully saturated rings. The highest BCUT2D eigenvalue weighted by atomic mass is 32.2. The zero-order chi connectivity index (χ0) is 20.8. The van der Waals surface area contributed by atoms with E-state index in [4.69, 9.17) is 9.15 Å². The SMILES string of the molecule is COc1ccc(/C=N\N=C2\S/C(=C\c3ccccc3)C(=O)N2Cc2ccco2)cc1. The second kappa shape index (κ2) is 9.28. The maximum Gasteiger partial charge on any atom is 0.267 e. The molecule has 0 saturated carbocycles. The van der Waals surface area contributed by atoms with Gasteiger partial charge in [0, 0.05) is 0 Å². The largest absolute Gasteiger partial charge is 0.497 e. The van der Waals surface area contributed by atoms with Crippen molar-refractivity contribution in [3.8, 4) is 5.75 Å². The lowest BCUT2D eigenvalue weighted by Gasteiger charge is -2.12. The van der Waals surface area contributed by atoms with E-state index in [1.165, 1.54) is 11.8 Å². The Hall–Kier alpha value is -3.58. The molecule has 6 nitrogen and oxygen atoms in total. The number of carbonyl (C=O) groups excluding carboxylic acids is 1. The highest BCUT2D eigenvalue weighted by molar-refractivity contribution is 8.18. The van der Waals surface area contributed by atoms with Crippen molar-refractivity contribution in [1.82, 2.24) is 4.90 Å². The molecular formula is C23H19N3O3S. The molecule has 0 N–H and O–H groups in total. The molecule has 2 aromatic carbocycles. The molecule has 1 aliphatic rings. The van der Waals surface area contributed by atoms with Crippen LogP contribution in [0.4, 0.5) is 0 Å². The van der Waals surface area contributed by atoms with Gasteiger partial charge in [0.15, 0.2) is 5.17 Å². The number of amidine groups is 1. The Labute approximate surface area is 178 Å². The number of thioether (sulfide) groups is 1. The standard InChI is InChI=1S/C23H19N3O3S/c1-28-19-11-9-18(10-12-19)15-24-25-23-26(16-20-8-5-13-29-20)22(27)21(30-23)14-17-6-3-2-4-7-17/h2-15H,16H2,1H3/b21-14-,24-15-,25-23+. The van der Waals surface area contributed by atoms with Crippen LogP contribution < -0.4 is 4.74 Å². The van der Waals surface area contributed by atoms with Gasteiger partial charge in [-0.15, -0.1) is 5.10 Å². The number of hydrogen-bond acceptors (Lipinski definition) is 6. The van der Waals surface area contributed by atoms with E-state index in [2.05, 4.69) is 10.2 Å². The van der Waals surface area contributed by atoms with Crippen molar-refractivity contribution in [2.75, 3.05) is 7.11 Å². The first-order valence-corrected chi connectivity index (χ1v) is 10.1. The number of carbonyl (C=O) groups is 1. The third-order valence-electron chi connectivity index (χ3n) is 4.35. The van der Waals surface area contributed by atoms with Gasteiger partial charge in [-0.1, -0.05) is 30.3 Å². The van der Waals surface area contributed by atoms with Gasteiger partial charge in [-0.05, 0) is 65.4 Å². The average Bonchev–Trinajstić information content (AvgIpc) is 3.39. The number of methoxy groups -OCH3 is 1. The first-order valence-electron chi connectivity index (χ1n) is 9.27. The minimum absolute atomic E-state index is 0.126. The lowest BCUT2D eigenvalue weighted by atomic mass is 10.2. The topological polar surface area (TPSA) is 67.4 Å². The molecule has 0 radical (unpaired) electrons. The summed E-state index contributed by atoms with van der Waals surface area (Å²) in [6.07, 6.45) is 5.09. The first-order chi connectivity index (χ1) is 14.7. The van der Waals surface area contributed by atoms with Crippen LogP contribution in [0.2, 0.25) is 0 Å². The molecule has 0 atom stereocenters. The minimum Gasteiger partial charge on any atom is -0.497 e. The van der Waals surface area contributed by atoms with Crippen molar-refractivity contribution in [3.63, 3.8) is 0 Å². The monoisotopic (exact) mass is 417 g/mol. The maximum absolute atomic E-state index is 13.0. The van der Waals surface area contributed by atoms with E-state index in [-0.39, 0.29) is 5.91 Å². The quantitative estimate of drug-likeness (QED) is 0.328. The summed E-state index contributed by atoms with van der Waals surface area (Å²) in [5.41, 5.74) is 1.83. The van der Waals surface area contributed by atoms with Crippen molar-refractivity contribution in [2.45, 2.75) is 6.54 Å². The van der Waals surface area contributed by atoms with Crippen LogP contribution in [0.1, 0.15) is 16.9 Å². The summed E-state index contributed by atoms with van der Waals surface area (Å²) in [7, 11) is 1.62. The fourth-order valence-electron chi connectivity index (χ4n) is 2.82. The van der Waals surface area contributed by atoms with Gasteiger partial charge in [0.2, 0.25) is 0 Å². The number of rotatable bonds is 6. The van der Waals surface area contributed by atoms with E-state index in [0.29, 0.717) is 22.4 Å². The van der Waals surface area contributed by atoms with Gasteiger partial charge in [-0.25, -0.2) is 0 Å². The smallest absolute Gasteiger partial charge is 0.267 e. The molecule has 0 aliphatic carbocycles. The van der Waals surface area contributed by atoms with E-state index in [0.717, 1.165) is 16.9 Å². The number of furan rings is 1. The van der Waals surface area contributed by atoms with Crippen LogP contribution in [-0.2, 0) is 11.3 Å². The third-order valence-corrected chi connectivity index (χ3v) is 5.34. The average molecular weight is 417 g/mol. The Morgan fingerprint density at radius 3 is 2.53 bits per heavy atom. The van der Waals surface area contributed by atoms with Gasteiger partial charge in [-0.2, -0.15) is 5.10 Å². The summed E-state index contributed by atoms with van der Waals surface area (Å²) in [6.45, 7) is 0.294. The van der Waals surface area contributed by atoms with Gasteiger partial charge in [0.25, 0.3) is 5.91 Å². The zero-order valence-corrected chi connectivity index (χ0v) is 17.1. The zero-order valence-electron chi connectivity index (χ0n) is 16.3. The van der Waals surface area contributed by atoms with E-state index in [1.54, 1.807) is 30.6 Å². The molecular weight excluding hydrogens is 398 g/mol. The Morgan fingerprint density at radius 2 is 1.83 bits per heavy atom. The molecule has 7 heteroatoms. The fraction of sp³-hybridized carbons (Fsp3) is 0.0870. The summed E-state index contributed by atoms with van der Waals surface area (Å²) in [5, 5.41) is 8.99. The van der Waals surface area contributed by atoms with Crippen LogP contribution >= 0.6 is 11.8 Å². The van der Waals surface area contributed by atoms with Gasteiger partial charge >= 0.3 is 0 Å². The van der Waals surface area contributed by atoms with Crippen LogP contribution in [0.25, 0.3) is 6.08 Å². The lowest BCUT2D eigenvalue weighted by Crippen LogP contribution is -2.28. The predicted octanol–water partition coefficient (Wildman–Crippen LogP) is 4.79. The molecule has 1 saturated heterocycles. The molecule has 0 bridgehead atoms. The first kappa shape index (κ1) is 19.7. The molecule has 4 rings (SSSR count). The predicted molar refractivity (Wildman–Crippen MR) is 119 cm³/mol. The van der Waals surface area contributed by atoms with Gasteiger partial charge in [0.05, 0.1) is 31.0 Å². The summed E-state index contributed by atoms with van der Waals surface area (Å²) < 4.78 is 10.6. The highest BCUT2D eigenvalue weighted by Crippen LogP contribution is 2.33. The summed E-state index contributed by atoms with van der Waals surface area (Å²) >= 11 is 1.30. The van der Waals surface area contributed by atoms with E-state index >= 15 is 0 Å². The van der Waals surface area contributed by atoms with Crippen LogP contribution in [0.15, 0.2) is 92.5 Å². The van der Waals surface area contributed by atoms with Crippen LogP contribution in [0.5, 0.6) is 5.75 Å². The molecule has 1 aromatic heterocycles. The van der Waals surface area contributed by atoms with Crippen molar-refractivity contribution in [1.29, 1.82) is 0 Å². The third kappa shape index (κ3) is 4.69. The van der Waals surface area contributed by atoms with Crippen LogP contribution in [-0.4, -0.2) is 29.3 Å². The highest BCUT2D eigenvalue weighted by Gasteiger charge is 2.34. The maximum atomic E-state index is 13.0. The second-order valence-electron chi connectivity index (χ2n) is 6.39. The second-order valence-corrected chi connectivity index (χ2v) is 7.40. The van der Waals surface area contributed by atoms with Gasteiger partial charge in [-0.3, -0.25) is 9.69 Å². The van der Waals surface area contributed by atoms with Crippen molar-refractivity contribution < 1.29 is 13.9 Å². The number of hydrogen-bond donors (Lipinski definition) is 0. The number of benzene rings is 2. The minimum atomic E-state index is -0.126. The molecule has 1 aliphatic heterocycles. The molecule has 0 unspecified atom stereocenters. The molecule has 2 heterocycles. The Kier molecular flexibility index (Phi) is 6.10.